The molecule has 5 N–H and O–H groups in total. The molecule has 1 saturated heterocycles. The zero-order valence-corrected chi connectivity index (χ0v) is 40.8. The highest BCUT2D eigenvalue weighted by atomic mass is 35.5. The van der Waals surface area contributed by atoms with Crippen molar-refractivity contribution in [3.8, 4) is 28.3 Å². The van der Waals surface area contributed by atoms with Crippen molar-refractivity contribution in [3.05, 3.63) is 107 Å². The number of aromatic nitrogens is 11. The molecule has 8 aliphatic rings. The molecule has 75 heavy (non-hydrogen) atoms. The van der Waals surface area contributed by atoms with Crippen molar-refractivity contribution in [2.75, 3.05) is 17.2 Å². The number of pyridine rings is 1. The van der Waals surface area contributed by atoms with E-state index in [0.717, 1.165) is 38.5 Å². The number of imidazole rings is 2. The van der Waals surface area contributed by atoms with Crippen LogP contribution in [0.2, 0.25) is 5.02 Å². The largest absolute Gasteiger partial charge is 0.443 e. The normalized spacial score (nSPS) is 28.0. The number of alkyl halides is 2. The zero-order chi connectivity index (χ0) is 50.9. The van der Waals surface area contributed by atoms with E-state index in [0.29, 0.717) is 87.5 Å². The second-order valence-corrected chi connectivity index (χ2v) is 21.4. The number of amides is 2. The standard InChI is InChI=1S/C51H47ClF3N15O5/c1-24-22-69-42(58-24)14-35(60-47(69)61-39-12-33(65-66-39)29-3-5-37(43(29)54)74-48(71)63-50-16-25(17-50)18-50)34-11-28(6-7-56-34)70-36(45-44(55)38(23-73-45)75-49(72)64-51-19-26(20-51)21-51)15-40(67-70)62-46-59-32(13-41-57-8-9-68(41)46)27-2-4-31(53)30(52)10-27/h2,4,6-15,22,25-26,29,37-38,43-45H,3,5,16-21,23H2,1H3,(H,63,71)(H,64,72)(H,59,62,67)(H2,60,61,65,66)/t25?,26?,29-,37-,38-,43-,44+,45-,50?,51?/m1/s1. The molecule has 8 aromatic rings. The molecule has 20 nitrogen and oxygen atoms in total. The Hall–Kier alpha value is -7.79. The number of hydrogen-bond acceptors (Lipinski definition) is 14. The van der Waals surface area contributed by atoms with E-state index >= 15 is 8.78 Å². The van der Waals surface area contributed by atoms with E-state index in [-0.39, 0.29) is 40.2 Å². The summed E-state index contributed by atoms with van der Waals surface area (Å²) in [6.45, 7) is 1.65. The Morgan fingerprint density at radius 3 is 2.24 bits per heavy atom. The summed E-state index contributed by atoms with van der Waals surface area (Å²) in [4.78, 5) is 49.4. The fourth-order valence-electron chi connectivity index (χ4n) is 11.8. The molecular formula is C51H47ClF3N15O5. The quantitative estimate of drug-likeness (QED) is 0.0726. The smallest absolute Gasteiger partial charge is 0.408 e. The lowest BCUT2D eigenvalue weighted by Crippen LogP contribution is -2.68. The third-order valence-electron chi connectivity index (χ3n) is 15.8. The molecule has 1 aromatic carbocycles. The van der Waals surface area contributed by atoms with E-state index < -0.39 is 54.6 Å². The first kappa shape index (κ1) is 45.8. The van der Waals surface area contributed by atoms with Crippen LogP contribution in [-0.2, 0) is 14.2 Å². The minimum atomic E-state index is -1.78. The lowest BCUT2D eigenvalue weighted by atomic mass is 9.50. The van der Waals surface area contributed by atoms with E-state index in [4.69, 9.17) is 50.8 Å². The van der Waals surface area contributed by atoms with Gasteiger partial charge in [0.25, 0.3) is 0 Å². The molecule has 7 aliphatic carbocycles. The van der Waals surface area contributed by atoms with E-state index in [1.807, 2.05) is 13.1 Å². The summed E-state index contributed by atoms with van der Waals surface area (Å²) < 4.78 is 69.2. The number of benzene rings is 1. The minimum absolute atomic E-state index is 0.0711. The molecule has 1 aliphatic heterocycles. The van der Waals surface area contributed by atoms with Crippen LogP contribution >= 0.6 is 11.6 Å². The molecule has 24 heteroatoms. The molecule has 7 saturated carbocycles. The highest BCUT2D eigenvalue weighted by Crippen LogP contribution is 2.58. The highest BCUT2D eigenvalue weighted by molar-refractivity contribution is 6.31. The summed E-state index contributed by atoms with van der Waals surface area (Å²) in [5.41, 5.74) is 4.41. The maximum Gasteiger partial charge on any atom is 0.408 e. The van der Waals surface area contributed by atoms with Crippen LogP contribution in [0.25, 0.3) is 39.6 Å². The van der Waals surface area contributed by atoms with Crippen LogP contribution in [0, 0.1) is 24.6 Å². The second-order valence-electron chi connectivity index (χ2n) is 21.0. The summed E-state index contributed by atoms with van der Waals surface area (Å²) in [5, 5.41) is 24.7. The van der Waals surface area contributed by atoms with Crippen molar-refractivity contribution < 1.29 is 37.0 Å². The predicted octanol–water partition coefficient (Wildman–Crippen LogP) is 8.92. The van der Waals surface area contributed by atoms with Crippen LogP contribution in [0.1, 0.15) is 80.5 Å². The lowest BCUT2D eigenvalue weighted by Gasteiger charge is -2.61. The van der Waals surface area contributed by atoms with E-state index in [9.17, 15) is 14.0 Å². The topological polar surface area (TPSA) is 230 Å². The summed E-state index contributed by atoms with van der Waals surface area (Å²) in [5.74, 6) is 1.39. The molecule has 0 radical (unpaired) electrons. The maximum absolute atomic E-state index is 16.8. The third kappa shape index (κ3) is 8.04. The monoisotopic (exact) mass is 1040 g/mol. The summed E-state index contributed by atoms with van der Waals surface area (Å²) >= 11 is 6.17. The molecule has 384 valence electrons. The number of aryl methyl sites for hydroxylation is 1. The summed E-state index contributed by atoms with van der Waals surface area (Å²) in [6, 6.07) is 14.6. The fraction of sp³-hybridized carbons (Fsp3) is 0.392. The first-order valence-corrected chi connectivity index (χ1v) is 25.4. The molecular weight excluding hydrogens is 995 g/mol. The second kappa shape index (κ2) is 17.1. The van der Waals surface area contributed by atoms with Crippen LogP contribution in [-0.4, -0.2) is 108 Å². The van der Waals surface area contributed by atoms with Gasteiger partial charge in [-0.15, -0.1) is 5.10 Å². The van der Waals surface area contributed by atoms with Crippen molar-refractivity contribution in [2.45, 2.75) is 106 Å². The van der Waals surface area contributed by atoms with Crippen molar-refractivity contribution >= 4 is 58.6 Å². The predicted molar refractivity (Wildman–Crippen MR) is 264 cm³/mol. The number of anilines is 4. The van der Waals surface area contributed by atoms with E-state index in [1.54, 1.807) is 69.9 Å². The number of H-pyrrole nitrogens is 1. The SMILES string of the molecule is Cc1cn2c(Nc3cc([C@H]4CC[C@@H](OC(=O)NC56CC(C5)C6)[C@@H]4F)[nH]n3)nc(-c3cc(-n4nc(Nc5nc(-c6ccc(F)c(Cl)c6)cc6nccn56)cc4[C@H]4OC[C@@H](OC(=O)NC56CC(C5)C6)[C@@H]4F)ccn3)cc2n1. The van der Waals surface area contributed by atoms with Crippen molar-refractivity contribution in [1.82, 2.24) is 64.3 Å². The van der Waals surface area contributed by atoms with Gasteiger partial charge in [-0.2, -0.15) is 5.10 Å². The van der Waals surface area contributed by atoms with Crippen molar-refractivity contribution in [1.29, 1.82) is 0 Å². The number of nitrogens with zero attached hydrogens (tertiary/aromatic N) is 10. The molecule has 2 amide bonds. The average Bonchev–Trinajstić information content (AvgIpc) is 4.22. The Morgan fingerprint density at radius 2 is 1.49 bits per heavy atom. The van der Waals surface area contributed by atoms with E-state index in [1.165, 1.54) is 16.8 Å². The first-order valence-electron chi connectivity index (χ1n) is 25.0. The first-order chi connectivity index (χ1) is 36.3. The minimum Gasteiger partial charge on any atom is -0.443 e. The number of carbonyl (C=O) groups excluding carboxylic acids is 2. The van der Waals surface area contributed by atoms with Crippen LogP contribution < -0.4 is 21.3 Å². The molecule has 7 aromatic heterocycles. The van der Waals surface area contributed by atoms with Gasteiger partial charge < -0.3 is 35.5 Å². The summed E-state index contributed by atoms with van der Waals surface area (Å²) in [6.07, 6.45) is 5.33. The van der Waals surface area contributed by atoms with Crippen molar-refractivity contribution in [2.24, 2.45) is 11.8 Å². The molecule has 6 atom stereocenters. The number of fused-ring (bicyclic) bond motifs is 2. The van der Waals surface area contributed by atoms with Gasteiger partial charge in [0.15, 0.2) is 23.9 Å². The van der Waals surface area contributed by atoms with Gasteiger partial charge in [0.05, 0.1) is 45.8 Å². The number of carbonyl (C=O) groups is 2. The van der Waals surface area contributed by atoms with Crippen molar-refractivity contribution in [3.63, 3.8) is 0 Å². The summed E-state index contributed by atoms with van der Waals surface area (Å²) in [7, 11) is 0. The Morgan fingerprint density at radius 1 is 0.773 bits per heavy atom. The number of aromatic amines is 1. The Balaban J connectivity index is 0.761. The number of halogens is 4. The number of ether oxygens (including phenoxy) is 3. The number of rotatable bonds is 13. The molecule has 16 rings (SSSR count). The molecule has 8 heterocycles. The molecule has 0 unspecified atom stereocenters. The van der Waals surface area contributed by atoms with Gasteiger partial charge in [0.2, 0.25) is 11.9 Å². The fourth-order valence-corrected chi connectivity index (χ4v) is 12.0. The van der Waals surface area contributed by atoms with Crippen LogP contribution in [0.5, 0.6) is 0 Å². The third-order valence-corrected chi connectivity index (χ3v) is 16.1. The van der Waals surface area contributed by atoms with Gasteiger partial charge >= 0.3 is 12.2 Å². The molecule has 0 spiro atoms. The number of nitrogens with one attached hydrogen (secondary N) is 5. The van der Waals surface area contributed by atoms with Gasteiger partial charge in [-0.1, -0.05) is 11.6 Å². The van der Waals surface area contributed by atoms with Gasteiger partial charge in [0.1, 0.15) is 35.5 Å². The van der Waals surface area contributed by atoms with Gasteiger partial charge in [-0.05, 0) is 100 Å². The number of alkyl carbamates (subject to hydrolysis) is 2. The van der Waals surface area contributed by atoms with Gasteiger partial charge in [-0.3, -0.25) is 18.9 Å². The molecule has 4 bridgehead atoms. The van der Waals surface area contributed by atoms with Gasteiger partial charge in [0, 0.05) is 77.3 Å². The van der Waals surface area contributed by atoms with E-state index in [2.05, 4.69) is 36.4 Å². The van der Waals surface area contributed by atoms with Gasteiger partial charge in [-0.25, -0.2) is 47.4 Å². The zero-order valence-electron chi connectivity index (χ0n) is 40.0. The average molecular weight is 1040 g/mol. The molecule has 8 fully saturated rings. The van der Waals surface area contributed by atoms with Crippen LogP contribution in [0.3, 0.4) is 0 Å². The van der Waals surface area contributed by atoms with Crippen LogP contribution in [0.4, 0.5) is 46.3 Å². The lowest BCUT2D eigenvalue weighted by molar-refractivity contribution is -0.0534. The highest BCUT2D eigenvalue weighted by Gasteiger charge is 2.59. The Bertz CT molecular complexity index is 3590. The Labute approximate surface area is 429 Å². The maximum atomic E-state index is 16.8. The Kier molecular flexibility index (Phi) is 10.5. The van der Waals surface area contributed by atoms with Crippen LogP contribution in [0.15, 0.2) is 79.4 Å². The number of hydrogen-bond donors (Lipinski definition) is 5.